The number of rotatable bonds is 2. The van der Waals surface area contributed by atoms with Crippen LogP contribution in [0.5, 0.6) is 0 Å². The first-order valence-corrected chi connectivity index (χ1v) is 18.2. The van der Waals surface area contributed by atoms with Gasteiger partial charge in [0, 0.05) is 43.4 Å². The van der Waals surface area contributed by atoms with Crippen molar-refractivity contribution in [3.63, 3.8) is 0 Å². The Balaban J connectivity index is 1.19. The minimum Gasteiger partial charge on any atom is -0.455 e. The molecule has 0 atom stereocenters. The van der Waals surface area contributed by atoms with Gasteiger partial charge in [-0.3, -0.25) is 0 Å². The highest BCUT2D eigenvalue weighted by atomic mass is 16.3. The second-order valence-electron chi connectivity index (χ2n) is 14.2. The first-order chi connectivity index (χ1) is 26.3. The maximum Gasteiger partial charge on any atom is 0.143 e. The van der Waals surface area contributed by atoms with Crippen LogP contribution in [-0.2, 0) is 0 Å². The van der Waals surface area contributed by atoms with Crippen LogP contribution in [0.4, 0.5) is 0 Å². The maximum absolute atomic E-state index is 6.85. The van der Waals surface area contributed by atoms with Gasteiger partial charge in [-0.15, -0.1) is 0 Å². The summed E-state index contributed by atoms with van der Waals surface area (Å²) in [5.74, 6) is 0. The van der Waals surface area contributed by atoms with E-state index in [-0.39, 0.29) is 0 Å². The standard InChI is InChI=1S/C51H29NO/c1-2-14-32-29-45-44(27-31(32)13-1)47-37-19-6-4-15-34(37)28-43(51(47)53-45)33-16-11-17-35(26-33)49-42-25-24-30-12-3-5-18-36(30)46(42)48-40-22-9-7-20-38(40)39-21-8-10-23-41(39)50(48)52-49/h1-29H. The van der Waals surface area contributed by atoms with E-state index in [1.165, 1.54) is 64.6 Å². The van der Waals surface area contributed by atoms with Gasteiger partial charge in [0.25, 0.3) is 0 Å². The third-order valence-corrected chi connectivity index (χ3v) is 11.3. The second-order valence-corrected chi connectivity index (χ2v) is 14.2. The second kappa shape index (κ2) is 10.7. The molecule has 0 fully saturated rings. The van der Waals surface area contributed by atoms with Crippen LogP contribution in [-0.4, -0.2) is 4.98 Å². The molecule has 0 amide bonds. The maximum atomic E-state index is 6.85. The molecule has 53 heavy (non-hydrogen) atoms. The molecular formula is C51H29NO. The lowest BCUT2D eigenvalue weighted by molar-refractivity contribution is 0.671. The highest BCUT2D eigenvalue weighted by Crippen LogP contribution is 2.46. The molecule has 0 unspecified atom stereocenters. The number of benzene rings is 10. The van der Waals surface area contributed by atoms with Gasteiger partial charge in [-0.2, -0.15) is 0 Å². The van der Waals surface area contributed by atoms with Crippen LogP contribution >= 0.6 is 0 Å². The minimum atomic E-state index is 0.903. The molecule has 244 valence electrons. The molecule has 10 aromatic carbocycles. The zero-order valence-electron chi connectivity index (χ0n) is 28.6. The summed E-state index contributed by atoms with van der Waals surface area (Å²) >= 11 is 0. The third kappa shape index (κ3) is 4.06. The molecule has 0 aliphatic carbocycles. The van der Waals surface area contributed by atoms with E-state index >= 15 is 0 Å². The van der Waals surface area contributed by atoms with Crippen molar-refractivity contribution in [1.29, 1.82) is 0 Å². The average Bonchev–Trinajstić information content (AvgIpc) is 3.60. The molecule has 0 saturated carbocycles. The van der Waals surface area contributed by atoms with Crippen molar-refractivity contribution in [3.8, 4) is 22.4 Å². The Hall–Kier alpha value is -7.03. The van der Waals surface area contributed by atoms with E-state index in [1.807, 2.05) is 0 Å². The average molecular weight is 672 g/mol. The third-order valence-electron chi connectivity index (χ3n) is 11.3. The largest absolute Gasteiger partial charge is 0.455 e. The van der Waals surface area contributed by atoms with E-state index in [9.17, 15) is 0 Å². The number of pyridine rings is 1. The SMILES string of the molecule is c1cc(-c2nc3c4ccccc4c4ccccc4c3c3c2ccc2ccccc23)cc(-c2cc3ccccc3c3c2oc2cc4ccccc4cc23)c1. The fourth-order valence-corrected chi connectivity index (χ4v) is 8.98. The molecule has 12 rings (SSSR count). The summed E-state index contributed by atoms with van der Waals surface area (Å²) in [6, 6.07) is 63.6. The Kier molecular flexibility index (Phi) is 5.80. The first kappa shape index (κ1) is 28.6. The molecule has 0 spiro atoms. The zero-order chi connectivity index (χ0) is 34.6. The van der Waals surface area contributed by atoms with Crippen LogP contribution in [0.1, 0.15) is 0 Å². The van der Waals surface area contributed by atoms with E-state index < -0.39 is 0 Å². The number of aromatic nitrogens is 1. The molecule has 0 N–H and O–H groups in total. The lowest BCUT2D eigenvalue weighted by Gasteiger charge is -2.17. The summed E-state index contributed by atoms with van der Waals surface area (Å²) in [6.07, 6.45) is 0. The molecule has 0 radical (unpaired) electrons. The normalized spacial score (nSPS) is 12.2. The topological polar surface area (TPSA) is 26.0 Å². The fourth-order valence-electron chi connectivity index (χ4n) is 8.98. The van der Waals surface area contributed by atoms with E-state index in [0.717, 1.165) is 55.2 Å². The van der Waals surface area contributed by atoms with Gasteiger partial charge in [0.2, 0.25) is 0 Å². The van der Waals surface area contributed by atoms with Crippen LogP contribution in [0.2, 0.25) is 0 Å². The summed E-state index contributed by atoms with van der Waals surface area (Å²) < 4.78 is 6.85. The van der Waals surface area contributed by atoms with Gasteiger partial charge in [-0.25, -0.2) is 4.98 Å². The Morgan fingerprint density at radius 3 is 1.74 bits per heavy atom. The number of hydrogen-bond acceptors (Lipinski definition) is 2. The van der Waals surface area contributed by atoms with Crippen LogP contribution in [0.25, 0.3) is 120 Å². The molecule has 12 aromatic rings. The monoisotopic (exact) mass is 671 g/mol. The molecule has 2 heterocycles. The van der Waals surface area contributed by atoms with Gasteiger partial charge in [-0.1, -0.05) is 152 Å². The van der Waals surface area contributed by atoms with Gasteiger partial charge in [0.1, 0.15) is 11.2 Å². The minimum absolute atomic E-state index is 0.903. The van der Waals surface area contributed by atoms with Gasteiger partial charge in [0.15, 0.2) is 0 Å². The quantitative estimate of drug-likeness (QED) is 0.171. The molecule has 0 aliphatic heterocycles. The predicted octanol–water partition coefficient (Wildman–Crippen LogP) is 14.4. The number of furan rings is 1. The fraction of sp³-hybridized carbons (Fsp3) is 0. The van der Waals surface area contributed by atoms with Gasteiger partial charge < -0.3 is 4.42 Å². The molecule has 2 nitrogen and oxygen atoms in total. The molecule has 0 saturated heterocycles. The van der Waals surface area contributed by atoms with Crippen molar-refractivity contribution in [2.75, 3.05) is 0 Å². The smallest absolute Gasteiger partial charge is 0.143 e. The summed E-state index contributed by atoms with van der Waals surface area (Å²) in [5.41, 5.74) is 7.07. The van der Waals surface area contributed by atoms with E-state index in [4.69, 9.17) is 9.40 Å². The summed E-state index contributed by atoms with van der Waals surface area (Å²) in [7, 11) is 0. The number of nitrogens with zero attached hydrogens (tertiary/aromatic N) is 1. The summed E-state index contributed by atoms with van der Waals surface area (Å²) in [6.45, 7) is 0. The van der Waals surface area contributed by atoms with Crippen molar-refractivity contribution in [3.05, 3.63) is 176 Å². The van der Waals surface area contributed by atoms with Crippen LogP contribution in [0, 0.1) is 0 Å². The highest BCUT2D eigenvalue weighted by Gasteiger charge is 2.21. The zero-order valence-corrected chi connectivity index (χ0v) is 28.6. The summed E-state index contributed by atoms with van der Waals surface area (Å²) in [5, 5.41) is 18.0. The van der Waals surface area contributed by atoms with Crippen LogP contribution < -0.4 is 0 Å². The van der Waals surface area contributed by atoms with E-state index in [1.54, 1.807) is 0 Å². The Morgan fingerprint density at radius 1 is 0.340 bits per heavy atom. The Labute approximate surface area is 304 Å². The molecule has 2 aromatic heterocycles. The van der Waals surface area contributed by atoms with Gasteiger partial charge in [0.05, 0.1) is 11.2 Å². The van der Waals surface area contributed by atoms with Gasteiger partial charge >= 0.3 is 0 Å². The molecule has 0 bridgehead atoms. The van der Waals surface area contributed by atoms with Crippen molar-refractivity contribution in [2.24, 2.45) is 0 Å². The number of hydrogen-bond donors (Lipinski definition) is 0. The van der Waals surface area contributed by atoms with Crippen LogP contribution in [0.3, 0.4) is 0 Å². The Bertz CT molecular complexity index is 3510. The molecule has 0 aliphatic rings. The molecular weight excluding hydrogens is 643 g/mol. The Morgan fingerprint density at radius 2 is 0.943 bits per heavy atom. The predicted molar refractivity (Wildman–Crippen MR) is 225 cm³/mol. The van der Waals surface area contributed by atoms with Crippen molar-refractivity contribution in [2.45, 2.75) is 0 Å². The first-order valence-electron chi connectivity index (χ1n) is 18.2. The lowest BCUT2D eigenvalue weighted by atomic mass is 9.89. The van der Waals surface area contributed by atoms with E-state index in [2.05, 4.69) is 176 Å². The highest BCUT2D eigenvalue weighted by molar-refractivity contribution is 6.35. The summed E-state index contributed by atoms with van der Waals surface area (Å²) in [4.78, 5) is 5.65. The van der Waals surface area contributed by atoms with Gasteiger partial charge in [-0.05, 0) is 78.3 Å². The van der Waals surface area contributed by atoms with Crippen molar-refractivity contribution in [1.82, 2.24) is 4.98 Å². The van der Waals surface area contributed by atoms with Crippen LogP contribution in [0.15, 0.2) is 180 Å². The number of fused-ring (bicyclic) bond motifs is 16. The van der Waals surface area contributed by atoms with Crippen molar-refractivity contribution < 1.29 is 4.42 Å². The molecule has 2 heteroatoms. The van der Waals surface area contributed by atoms with Crippen molar-refractivity contribution >= 4 is 97.5 Å². The lowest BCUT2D eigenvalue weighted by Crippen LogP contribution is -1.94. The van der Waals surface area contributed by atoms with E-state index in [0.29, 0.717) is 0 Å².